The van der Waals surface area contributed by atoms with Crippen molar-refractivity contribution in [1.82, 2.24) is 10.3 Å². The largest absolute Gasteiger partial charge is 0.381 e. The Bertz CT molecular complexity index is 604. The predicted octanol–water partition coefficient (Wildman–Crippen LogP) is 3.22. The van der Waals surface area contributed by atoms with Gasteiger partial charge in [-0.1, -0.05) is 18.2 Å². The van der Waals surface area contributed by atoms with E-state index in [0.717, 1.165) is 32.5 Å². The van der Waals surface area contributed by atoms with Crippen LogP contribution < -0.4 is 5.32 Å². The number of H-pyrrole nitrogens is 1. The van der Waals surface area contributed by atoms with Gasteiger partial charge in [-0.2, -0.15) is 0 Å². The molecule has 1 unspecified atom stereocenters. The molecule has 0 radical (unpaired) electrons. The smallest absolute Gasteiger partial charge is 0.0480 e. The number of para-hydroxylation sites is 1. The number of fused-ring (bicyclic) bond motifs is 3. The van der Waals surface area contributed by atoms with E-state index in [1.807, 2.05) is 0 Å². The van der Waals surface area contributed by atoms with Crippen molar-refractivity contribution in [3.05, 3.63) is 35.5 Å². The van der Waals surface area contributed by atoms with Crippen molar-refractivity contribution in [3.63, 3.8) is 0 Å². The molecule has 1 saturated heterocycles. The second kappa shape index (κ2) is 6.39. The van der Waals surface area contributed by atoms with Crippen LogP contribution in [0.4, 0.5) is 0 Å². The van der Waals surface area contributed by atoms with Crippen LogP contribution >= 0.6 is 12.4 Å². The van der Waals surface area contributed by atoms with E-state index in [4.69, 9.17) is 4.74 Å². The Morgan fingerprint density at radius 1 is 1.05 bits per heavy atom. The van der Waals surface area contributed by atoms with Crippen LogP contribution in [0.3, 0.4) is 0 Å². The molecular formula is C17H23ClN2O. The van der Waals surface area contributed by atoms with Gasteiger partial charge in [-0.05, 0) is 37.3 Å². The number of aromatic amines is 1. The summed E-state index contributed by atoms with van der Waals surface area (Å²) in [5, 5.41) is 5.27. The maximum Gasteiger partial charge on any atom is 0.0480 e. The molecule has 0 amide bonds. The zero-order valence-electron chi connectivity index (χ0n) is 12.2. The van der Waals surface area contributed by atoms with E-state index in [1.165, 1.54) is 29.4 Å². The van der Waals surface area contributed by atoms with E-state index in [9.17, 15) is 0 Å². The average molecular weight is 307 g/mol. The summed E-state index contributed by atoms with van der Waals surface area (Å²) in [4.78, 5) is 3.62. The molecule has 2 aromatic rings. The molecule has 21 heavy (non-hydrogen) atoms. The van der Waals surface area contributed by atoms with Crippen LogP contribution in [-0.4, -0.2) is 30.3 Å². The third-order valence-electron chi connectivity index (χ3n) is 4.79. The predicted molar refractivity (Wildman–Crippen MR) is 88.3 cm³/mol. The van der Waals surface area contributed by atoms with Crippen molar-refractivity contribution in [2.75, 3.05) is 13.2 Å². The highest BCUT2D eigenvalue weighted by Crippen LogP contribution is 2.29. The molecule has 0 spiro atoms. The fourth-order valence-corrected chi connectivity index (χ4v) is 3.72. The van der Waals surface area contributed by atoms with E-state index in [1.54, 1.807) is 5.56 Å². The standard InChI is InChI=1S/C17H22N2O.ClH/c1-2-4-16-14(3-1)15-6-5-13(11-17(15)19-16)18-12-7-9-20-10-8-12;/h1-4,12-13,18-19H,5-11H2;1H. The molecule has 0 saturated carbocycles. The molecule has 0 bridgehead atoms. The fourth-order valence-electron chi connectivity index (χ4n) is 3.72. The normalized spacial score (nSPS) is 22.8. The van der Waals surface area contributed by atoms with Crippen molar-refractivity contribution in [2.24, 2.45) is 0 Å². The van der Waals surface area contributed by atoms with Crippen molar-refractivity contribution in [2.45, 2.75) is 44.2 Å². The third kappa shape index (κ3) is 2.96. The molecule has 1 aliphatic heterocycles. The Labute approximate surface area is 131 Å². The molecule has 2 aliphatic rings. The van der Waals surface area contributed by atoms with Crippen molar-refractivity contribution < 1.29 is 4.74 Å². The van der Waals surface area contributed by atoms with Gasteiger partial charge in [0.25, 0.3) is 0 Å². The van der Waals surface area contributed by atoms with Crippen LogP contribution in [0.15, 0.2) is 24.3 Å². The van der Waals surface area contributed by atoms with Crippen LogP contribution in [-0.2, 0) is 17.6 Å². The number of halogens is 1. The summed E-state index contributed by atoms with van der Waals surface area (Å²) in [6.07, 6.45) is 5.92. The lowest BCUT2D eigenvalue weighted by atomic mass is 9.91. The van der Waals surface area contributed by atoms with Crippen LogP contribution in [0, 0.1) is 0 Å². The van der Waals surface area contributed by atoms with Gasteiger partial charge in [-0.15, -0.1) is 12.4 Å². The van der Waals surface area contributed by atoms with Crippen LogP contribution in [0.1, 0.15) is 30.5 Å². The number of aryl methyl sites for hydroxylation is 1. The van der Waals surface area contributed by atoms with E-state index in [-0.39, 0.29) is 12.4 Å². The van der Waals surface area contributed by atoms with Gasteiger partial charge in [0.05, 0.1) is 0 Å². The Kier molecular flexibility index (Phi) is 4.53. The number of hydrogen-bond acceptors (Lipinski definition) is 2. The van der Waals surface area contributed by atoms with E-state index < -0.39 is 0 Å². The van der Waals surface area contributed by atoms with Gasteiger partial charge in [0.1, 0.15) is 0 Å². The number of aromatic nitrogens is 1. The van der Waals surface area contributed by atoms with Gasteiger partial charge in [0, 0.05) is 48.3 Å². The van der Waals surface area contributed by atoms with E-state index in [0.29, 0.717) is 12.1 Å². The third-order valence-corrected chi connectivity index (χ3v) is 4.79. The highest BCUT2D eigenvalue weighted by molar-refractivity contribution is 5.85. The Morgan fingerprint density at radius 2 is 1.86 bits per heavy atom. The summed E-state index contributed by atoms with van der Waals surface area (Å²) in [5.74, 6) is 0. The summed E-state index contributed by atoms with van der Waals surface area (Å²) < 4.78 is 5.44. The molecule has 2 heterocycles. The minimum atomic E-state index is 0. The molecule has 114 valence electrons. The van der Waals surface area contributed by atoms with Gasteiger partial charge in [-0.25, -0.2) is 0 Å². The molecular weight excluding hydrogens is 284 g/mol. The summed E-state index contributed by atoms with van der Waals surface area (Å²) in [5.41, 5.74) is 4.29. The van der Waals surface area contributed by atoms with Gasteiger partial charge < -0.3 is 15.0 Å². The maximum absolute atomic E-state index is 5.44. The summed E-state index contributed by atoms with van der Waals surface area (Å²) in [7, 11) is 0. The summed E-state index contributed by atoms with van der Waals surface area (Å²) in [6.45, 7) is 1.84. The van der Waals surface area contributed by atoms with Gasteiger partial charge in [-0.3, -0.25) is 0 Å². The molecule has 1 aliphatic carbocycles. The minimum absolute atomic E-state index is 0. The Morgan fingerprint density at radius 3 is 2.71 bits per heavy atom. The summed E-state index contributed by atoms with van der Waals surface area (Å²) >= 11 is 0. The van der Waals surface area contributed by atoms with Crippen molar-refractivity contribution in [1.29, 1.82) is 0 Å². The highest BCUT2D eigenvalue weighted by atomic mass is 35.5. The first-order valence-corrected chi connectivity index (χ1v) is 7.82. The van der Waals surface area contributed by atoms with E-state index in [2.05, 4.69) is 34.6 Å². The Hall–Kier alpha value is -1.03. The minimum Gasteiger partial charge on any atom is -0.381 e. The molecule has 2 N–H and O–H groups in total. The van der Waals surface area contributed by atoms with Crippen LogP contribution in [0.2, 0.25) is 0 Å². The number of benzene rings is 1. The monoisotopic (exact) mass is 306 g/mol. The number of nitrogens with one attached hydrogen (secondary N) is 2. The zero-order valence-corrected chi connectivity index (χ0v) is 13.0. The first kappa shape index (κ1) is 14.9. The molecule has 1 aromatic heterocycles. The van der Waals surface area contributed by atoms with Crippen LogP contribution in [0.25, 0.3) is 10.9 Å². The Balaban J connectivity index is 0.00000132. The molecule has 4 heteroatoms. The number of ether oxygens (including phenoxy) is 1. The first-order chi connectivity index (χ1) is 9.90. The van der Waals surface area contributed by atoms with Crippen molar-refractivity contribution >= 4 is 23.3 Å². The topological polar surface area (TPSA) is 37.0 Å². The molecule has 1 atom stereocenters. The molecule has 3 nitrogen and oxygen atoms in total. The molecule has 1 fully saturated rings. The summed E-state index contributed by atoms with van der Waals surface area (Å²) in [6, 6.07) is 9.97. The molecule has 4 rings (SSSR count). The number of hydrogen-bond donors (Lipinski definition) is 2. The molecule has 1 aromatic carbocycles. The van der Waals surface area contributed by atoms with Gasteiger partial charge in [0.2, 0.25) is 0 Å². The zero-order chi connectivity index (χ0) is 13.4. The quantitative estimate of drug-likeness (QED) is 0.894. The van der Waals surface area contributed by atoms with Crippen molar-refractivity contribution in [3.8, 4) is 0 Å². The average Bonchev–Trinajstić information content (AvgIpc) is 2.86. The number of rotatable bonds is 2. The second-order valence-corrected chi connectivity index (χ2v) is 6.12. The lowest BCUT2D eigenvalue weighted by Crippen LogP contribution is -2.44. The SMILES string of the molecule is Cl.c1ccc2c3c([nH]c2c1)CC(NC1CCOCC1)CC3. The maximum atomic E-state index is 5.44. The lowest BCUT2D eigenvalue weighted by Gasteiger charge is -2.30. The van der Waals surface area contributed by atoms with Gasteiger partial charge >= 0.3 is 0 Å². The van der Waals surface area contributed by atoms with Gasteiger partial charge in [0.15, 0.2) is 0 Å². The van der Waals surface area contributed by atoms with Crippen LogP contribution in [0.5, 0.6) is 0 Å². The highest BCUT2D eigenvalue weighted by Gasteiger charge is 2.24. The fraction of sp³-hybridized carbons (Fsp3) is 0.529. The second-order valence-electron chi connectivity index (χ2n) is 6.12. The first-order valence-electron chi connectivity index (χ1n) is 7.82. The lowest BCUT2D eigenvalue weighted by molar-refractivity contribution is 0.0743. The van der Waals surface area contributed by atoms with E-state index >= 15 is 0 Å².